The summed E-state index contributed by atoms with van der Waals surface area (Å²) in [6.45, 7) is 19.3. The van der Waals surface area contributed by atoms with Crippen LogP contribution in [-0.4, -0.2) is 17.6 Å². The SMILES string of the molecule is C[Si](c1ccccc1[Si](C)C(C)(C)C)C(C)(C)C. The Morgan fingerprint density at radius 3 is 1.17 bits per heavy atom. The minimum absolute atomic E-state index is 0.431. The van der Waals surface area contributed by atoms with E-state index in [1.165, 1.54) is 0 Å². The summed E-state index contributed by atoms with van der Waals surface area (Å²) < 4.78 is 0. The van der Waals surface area contributed by atoms with Gasteiger partial charge >= 0.3 is 0 Å². The highest BCUT2D eigenvalue weighted by molar-refractivity contribution is 6.85. The molecule has 0 aromatic heterocycles. The monoisotopic (exact) mass is 276 g/mol. The van der Waals surface area contributed by atoms with Gasteiger partial charge in [0, 0.05) is 0 Å². The van der Waals surface area contributed by atoms with Gasteiger partial charge in [0.1, 0.15) is 0 Å². The Morgan fingerprint density at radius 1 is 0.667 bits per heavy atom. The third-order valence-electron chi connectivity index (χ3n) is 3.99. The molecule has 100 valence electrons. The van der Waals surface area contributed by atoms with Crippen molar-refractivity contribution in [3.63, 3.8) is 0 Å². The van der Waals surface area contributed by atoms with Crippen molar-refractivity contribution in [3.05, 3.63) is 24.3 Å². The minimum Gasteiger partial charge on any atom is -0.0665 e. The summed E-state index contributed by atoms with van der Waals surface area (Å²) in [4.78, 5) is 0. The predicted molar refractivity (Wildman–Crippen MR) is 88.4 cm³/mol. The number of hydrogen-bond acceptors (Lipinski definition) is 0. The highest BCUT2D eigenvalue weighted by Crippen LogP contribution is 2.28. The van der Waals surface area contributed by atoms with E-state index < -0.39 is 17.6 Å². The molecular formula is C16H28Si2. The molecule has 0 fully saturated rings. The van der Waals surface area contributed by atoms with Crippen LogP contribution in [0.1, 0.15) is 41.5 Å². The quantitative estimate of drug-likeness (QED) is 0.718. The lowest BCUT2D eigenvalue weighted by molar-refractivity contribution is 0.743. The van der Waals surface area contributed by atoms with Crippen molar-refractivity contribution in [2.45, 2.75) is 64.7 Å². The fraction of sp³-hybridized carbons (Fsp3) is 0.625. The molecule has 1 aromatic rings. The van der Waals surface area contributed by atoms with E-state index in [1.54, 1.807) is 10.4 Å². The molecule has 1 aromatic carbocycles. The molecule has 2 heteroatoms. The number of rotatable bonds is 2. The molecule has 0 nitrogen and oxygen atoms in total. The van der Waals surface area contributed by atoms with E-state index >= 15 is 0 Å². The van der Waals surface area contributed by atoms with E-state index in [1.807, 2.05) is 0 Å². The van der Waals surface area contributed by atoms with Crippen LogP contribution < -0.4 is 10.4 Å². The summed E-state index contributed by atoms with van der Waals surface area (Å²) in [7, 11) is -0.982. The molecule has 0 saturated heterocycles. The highest BCUT2D eigenvalue weighted by atomic mass is 28.3. The summed E-state index contributed by atoms with van der Waals surface area (Å²) >= 11 is 0. The van der Waals surface area contributed by atoms with Crippen LogP contribution in [0.3, 0.4) is 0 Å². The molecule has 0 bridgehead atoms. The molecule has 0 saturated carbocycles. The van der Waals surface area contributed by atoms with Gasteiger partial charge in [-0.3, -0.25) is 0 Å². The minimum atomic E-state index is -0.491. The molecule has 0 heterocycles. The van der Waals surface area contributed by atoms with Gasteiger partial charge in [-0.15, -0.1) is 0 Å². The Morgan fingerprint density at radius 2 is 0.944 bits per heavy atom. The first-order valence-electron chi connectivity index (χ1n) is 6.83. The molecule has 18 heavy (non-hydrogen) atoms. The van der Waals surface area contributed by atoms with E-state index in [4.69, 9.17) is 0 Å². The second kappa shape index (κ2) is 5.34. The van der Waals surface area contributed by atoms with Crippen molar-refractivity contribution in [3.8, 4) is 0 Å². The van der Waals surface area contributed by atoms with Gasteiger partial charge in [0.2, 0.25) is 0 Å². The van der Waals surface area contributed by atoms with Crippen LogP contribution >= 0.6 is 0 Å². The fourth-order valence-corrected chi connectivity index (χ4v) is 6.35. The van der Waals surface area contributed by atoms with Gasteiger partial charge in [-0.1, -0.05) is 89.3 Å². The van der Waals surface area contributed by atoms with Crippen LogP contribution in [0.5, 0.6) is 0 Å². The van der Waals surface area contributed by atoms with Crippen molar-refractivity contribution in [2.75, 3.05) is 0 Å². The van der Waals surface area contributed by atoms with Gasteiger partial charge in [-0.25, -0.2) is 0 Å². The molecule has 0 atom stereocenters. The average Bonchev–Trinajstić information content (AvgIpc) is 2.24. The van der Waals surface area contributed by atoms with Gasteiger partial charge in [-0.2, -0.15) is 0 Å². The molecule has 0 aliphatic rings. The van der Waals surface area contributed by atoms with E-state index in [0.29, 0.717) is 10.1 Å². The van der Waals surface area contributed by atoms with Crippen molar-refractivity contribution < 1.29 is 0 Å². The van der Waals surface area contributed by atoms with Crippen LogP contribution in [0.4, 0.5) is 0 Å². The van der Waals surface area contributed by atoms with Crippen LogP contribution in [0, 0.1) is 0 Å². The van der Waals surface area contributed by atoms with Crippen LogP contribution in [-0.2, 0) is 0 Å². The van der Waals surface area contributed by atoms with E-state index in [2.05, 4.69) is 78.9 Å². The first-order chi connectivity index (χ1) is 8.05. The van der Waals surface area contributed by atoms with Crippen LogP contribution in [0.25, 0.3) is 0 Å². The zero-order chi connectivity index (χ0) is 14.1. The lowest BCUT2D eigenvalue weighted by Gasteiger charge is -2.32. The molecular weight excluding hydrogens is 248 g/mol. The third kappa shape index (κ3) is 3.58. The number of benzene rings is 1. The molecule has 0 aliphatic carbocycles. The Bertz CT molecular complexity index is 357. The maximum absolute atomic E-state index is 2.47. The predicted octanol–water partition coefficient (Wildman–Crippen LogP) is 3.95. The van der Waals surface area contributed by atoms with E-state index in [-0.39, 0.29) is 0 Å². The van der Waals surface area contributed by atoms with Gasteiger partial charge in [0.15, 0.2) is 0 Å². The lowest BCUT2D eigenvalue weighted by Crippen LogP contribution is -2.52. The molecule has 0 unspecified atom stereocenters. The molecule has 0 amide bonds. The van der Waals surface area contributed by atoms with Crippen LogP contribution in [0.2, 0.25) is 23.2 Å². The smallest absolute Gasteiger partial charge is 0.0665 e. The Kier molecular flexibility index (Phi) is 4.66. The summed E-state index contributed by atoms with van der Waals surface area (Å²) in [5.41, 5.74) is 0. The van der Waals surface area contributed by atoms with Crippen molar-refractivity contribution in [1.82, 2.24) is 0 Å². The Hall–Kier alpha value is -0.346. The lowest BCUT2D eigenvalue weighted by atomic mass is 10.2. The van der Waals surface area contributed by atoms with Crippen molar-refractivity contribution in [1.29, 1.82) is 0 Å². The number of hydrogen-bond donors (Lipinski definition) is 0. The fourth-order valence-electron chi connectivity index (χ4n) is 1.95. The van der Waals surface area contributed by atoms with Gasteiger partial charge in [-0.05, 0) is 10.1 Å². The first kappa shape index (κ1) is 15.7. The standard InChI is InChI=1S/C16H28Si2/c1-15(2,3)17(7)13-11-9-10-12-14(13)18(8)16(4,5)6/h9-12H,1-8H3. The first-order valence-corrected chi connectivity index (χ1v) is 10.8. The Balaban J connectivity index is 3.23. The molecule has 0 aliphatic heterocycles. The summed E-state index contributed by atoms with van der Waals surface area (Å²) in [6, 6.07) is 9.21. The molecule has 1 rings (SSSR count). The normalized spacial score (nSPS) is 13.4. The Labute approximate surface area is 117 Å². The third-order valence-corrected chi connectivity index (χ3v) is 11.2. The molecule has 2 radical (unpaired) electrons. The summed E-state index contributed by atoms with van der Waals surface area (Å²) in [6.07, 6.45) is 0. The maximum atomic E-state index is 2.47. The summed E-state index contributed by atoms with van der Waals surface area (Å²) in [5.74, 6) is 0. The summed E-state index contributed by atoms with van der Waals surface area (Å²) in [5, 5.41) is 4.20. The largest absolute Gasteiger partial charge is 0.0879 e. The topological polar surface area (TPSA) is 0 Å². The van der Waals surface area contributed by atoms with Crippen molar-refractivity contribution >= 4 is 28.0 Å². The van der Waals surface area contributed by atoms with Crippen LogP contribution in [0.15, 0.2) is 24.3 Å². The zero-order valence-corrected chi connectivity index (χ0v) is 15.3. The molecule has 0 N–H and O–H groups in total. The van der Waals surface area contributed by atoms with Gasteiger partial charge < -0.3 is 0 Å². The second-order valence-corrected chi connectivity index (χ2v) is 13.9. The molecule has 0 spiro atoms. The second-order valence-electron chi connectivity index (χ2n) is 7.30. The highest BCUT2D eigenvalue weighted by Gasteiger charge is 2.30. The van der Waals surface area contributed by atoms with Gasteiger partial charge in [0.25, 0.3) is 0 Å². The maximum Gasteiger partial charge on any atom is 0.0879 e. The average molecular weight is 277 g/mol. The van der Waals surface area contributed by atoms with E-state index in [0.717, 1.165) is 0 Å². The van der Waals surface area contributed by atoms with Gasteiger partial charge in [0.05, 0.1) is 17.6 Å². The van der Waals surface area contributed by atoms with E-state index in [9.17, 15) is 0 Å². The van der Waals surface area contributed by atoms with Crippen molar-refractivity contribution in [2.24, 2.45) is 0 Å². The zero-order valence-electron chi connectivity index (χ0n) is 13.3.